The highest BCUT2D eigenvalue weighted by Crippen LogP contribution is 2.46. The van der Waals surface area contributed by atoms with Gasteiger partial charge in [0.05, 0.1) is 10.4 Å². The smallest absolute Gasteiger partial charge is 0.175 e. The molecule has 5 heteroatoms. The van der Waals surface area contributed by atoms with Gasteiger partial charge >= 0.3 is 0 Å². The lowest BCUT2D eigenvalue weighted by molar-refractivity contribution is 0.0184. The lowest BCUT2D eigenvalue weighted by Gasteiger charge is -2.40. The van der Waals surface area contributed by atoms with Crippen LogP contribution in [0.2, 0.25) is 0 Å². The summed E-state index contributed by atoms with van der Waals surface area (Å²) in [7, 11) is -3.20. The topological polar surface area (TPSA) is 46.6 Å². The van der Waals surface area contributed by atoms with Gasteiger partial charge in [-0.1, -0.05) is 24.3 Å². The minimum Gasteiger partial charge on any atom is -0.484 e. The molecule has 0 radical (unpaired) electrons. The van der Waals surface area contributed by atoms with Crippen molar-refractivity contribution in [2.45, 2.75) is 42.7 Å². The van der Waals surface area contributed by atoms with Gasteiger partial charge < -0.3 is 4.74 Å². The number of benzene rings is 2. The van der Waals surface area contributed by atoms with E-state index in [0.29, 0.717) is 10.6 Å². The second-order valence-corrected chi connectivity index (χ2v) is 9.68. The third kappa shape index (κ3) is 3.03. The van der Waals surface area contributed by atoms with Crippen molar-refractivity contribution < 1.29 is 13.2 Å². The Morgan fingerprint density at radius 2 is 1.69 bits per heavy atom. The minimum atomic E-state index is -3.20. The van der Waals surface area contributed by atoms with E-state index in [1.807, 2.05) is 0 Å². The third-order valence-electron chi connectivity index (χ3n) is 5.79. The Balaban J connectivity index is 1.67. The summed E-state index contributed by atoms with van der Waals surface area (Å²) in [5.41, 5.74) is 2.52. The molecule has 138 valence electrons. The molecule has 26 heavy (non-hydrogen) atoms. The van der Waals surface area contributed by atoms with Crippen LogP contribution in [0.1, 0.15) is 37.0 Å². The van der Waals surface area contributed by atoms with Gasteiger partial charge in [-0.3, -0.25) is 4.90 Å². The zero-order chi connectivity index (χ0) is 18.4. The Hall–Kier alpha value is -1.85. The predicted octanol–water partition coefficient (Wildman–Crippen LogP) is 3.62. The first-order valence-corrected chi connectivity index (χ1v) is 11.1. The fourth-order valence-corrected chi connectivity index (χ4v) is 4.99. The van der Waals surface area contributed by atoms with E-state index < -0.39 is 9.84 Å². The molecule has 2 aromatic rings. The maximum Gasteiger partial charge on any atom is 0.175 e. The van der Waals surface area contributed by atoms with Gasteiger partial charge in [0.2, 0.25) is 0 Å². The van der Waals surface area contributed by atoms with Crippen LogP contribution in [0, 0.1) is 0 Å². The molecule has 4 rings (SSSR count). The molecule has 1 aliphatic heterocycles. The Labute approximate surface area is 155 Å². The number of sulfone groups is 1. The molecule has 0 N–H and O–H groups in total. The van der Waals surface area contributed by atoms with Gasteiger partial charge in [0.1, 0.15) is 11.9 Å². The first-order valence-electron chi connectivity index (χ1n) is 9.17. The van der Waals surface area contributed by atoms with Gasteiger partial charge in [-0.15, -0.1) is 0 Å². The second-order valence-electron chi connectivity index (χ2n) is 7.67. The molecule has 1 saturated heterocycles. The van der Waals surface area contributed by atoms with Gasteiger partial charge in [-0.25, -0.2) is 8.42 Å². The van der Waals surface area contributed by atoms with Crippen molar-refractivity contribution >= 4 is 9.84 Å². The minimum absolute atomic E-state index is 0.0547. The third-order valence-corrected chi connectivity index (χ3v) is 6.91. The summed E-state index contributed by atoms with van der Waals surface area (Å²) in [5, 5.41) is 0. The van der Waals surface area contributed by atoms with Gasteiger partial charge in [-0.2, -0.15) is 0 Å². The number of hydrogen-bond acceptors (Lipinski definition) is 4. The quantitative estimate of drug-likeness (QED) is 0.824. The zero-order valence-electron chi connectivity index (χ0n) is 15.3. The molecule has 2 atom stereocenters. The van der Waals surface area contributed by atoms with Gasteiger partial charge in [0.15, 0.2) is 9.84 Å². The normalized spacial score (nSPS) is 26.0. The molecule has 0 aromatic heterocycles. The van der Waals surface area contributed by atoms with Crippen molar-refractivity contribution in [1.29, 1.82) is 0 Å². The van der Waals surface area contributed by atoms with Crippen LogP contribution >= 0.6 is 0 Å². The number of ether oxygens (including phenoxy) is 1. The Morgan fingerprint density at radius 3 is 2.35 bits per heavy atom. The molecular formula is C21H25NO3S. The van der Waals surface area contributed by atoms with Gasteiger partial charge in [0, 0.05) is 6.26 Å². The standard InChI is InChI=1S/C21H25NO3S/c1-21(22-13-5-6-14-22)15-16-7-3-4-8-19(16)20(21)25-17-9-11-18(12-10-17)26(2,23)24/h3-4,7-12,20H,5-6,13-15H2,1-2H3. The summed E-state index contributed by atoms with van der Waals surface area (Å²) in [6, 6.07) is 15.3. The molecule has 1 heterocycles. The molecule has 0 saturated carbocycles. The Kier molecular flexibility index (Phi) is 4.32. The fraction of sp³-hybridized carbons (Fsp3) is 0.429. The molecule has 2 aromatic carbocycles. The average Bonchev–Trinajstić information content (AvgIpc) is 3.23. The van der Waals surface area contributed by atoms with E-state index in [1.54, 1.807) is 24.3 Å². The van der Waals surface area contributed by atoms with Crippen LogP contribution in [0.5, 0.6) is 5.75 Å². The molecule has 0 amide bonds. The molecule has 4 nitrogen and oxygen atoms in total. The number of fused-ring (bicyclic) bond motifs is 1. The van der Waals surface area contributed by atoms with E-state index in [2.05, 4.69) is 36.1 Å². The van der Waals surface area contributed by atoms with Crippen LogP contribution in [-0.2, 0) is 16.3 Å². The van der Waals surface area contributed by atoms with E-state index >= 15 is 0 Å². The first kappa shape index (κ1) is 17.6. The summed E-state index contributed by atoms with van der Waals surface area (Å²) in [6.07, 6.45) is 4.63. The van der Waals surface area contributed by atoms with Crippen molar-refractivity contribution in [3.05, 3.63) is 59.7 Å². The average molecular weight is 372 g/mol. The lowest BCUT2D eigenvalue weighted by atomic mass is 9.93. The molecule has 1 aliphatic carbocycles. The van der Waals surface area contributed by atoms with Crippen LogP contribution in [0.4, 0.5) is 0 Å². The SMILES string of the molecule is CC1(N2CCCC2)Cc2ccccc2C1Oc1ccc(S(C)(=O)=O)cc1. The van der Waals surface area contributed by atoms with E-state index in [9.17, 15) is 8.42 Å². The van der Waals surface area contributed by atoms with Gasteiger partial charge in [-0.05, 0) is 74.7 Å². The predicted molar refractivity (Wildman–Crippen MR) is 102 cm³/mol. The van der Waals surface area contributed by atoms with E-state index in [1.165, 1.54) is 30.2 Å². The number of nitrogens with zero attached hydrogens (tertiary/aromatic N) is 1. The number of hydrogen-bond donors (Lipinski definition) is 0. The lowest BCUT2D eigenvalue weighted by Crippen LogP contribution is -2.49. The van der Waals surface area contributed by atoms with Crippen LogP contribution in [0.15, 0.2) is 53.4 Å². The number of rotatable bonds is 4. The van der Waals surface area contributed by atoms with Gasteiger partial charge in [0.25, 0.3) is 0 Å². The largest absolute Gasteiger partial charge is 0.484 e. The Bertz CT molecular complexity index is 901. The van der Waals surface area contributed by atoms with Crippen LogP contribution < -0.4 is 4.74 Å². The Morgan fingerprint density at radius 1 is 1.04 bits per heavy atom. The highest BCUT2D eigenvalue weighted by molar-refractivity contribution is 7.90. The van der Waals surface area contributed by atoms with E-state index in [4.69, 9.17) is 4.74 Å². The van der Waals surface area contributed by atoms with E-state index in [0.717, 1.165) is 19.5 Å². The summed E-state index contributed by atoms with van der Waals surface area (Å²) in [4.78, 5) is 2.88. The van der Waals surface area contributed by atoms with E-state index in [-0.39, 0.29) is 11.6 Å². The molecule has 2 unspecified atom stereocenters. The number of likely N-dealkylation sites (tertiary alicyclic amines) is 1. The highest BCUT2D eigenvalue weighted by Gasteiger charge is 2.48. The second kappa shape index (κ2) is 6.39. The van der Waals surface area contributed by atoms with Crippen LogP contribution in [-0.4, -0.2) is 38.2 Å². The highest BCUT2D eigenvalue weighted by atomic mass is 32.2. The van der Waals surface area contributed by atoms with Crippen LogP contribution in [0.25, 0.3) is 0 Å². The maximum atomic E-state index is 11.7. The van der Waals surface area contributed by atoms with Crippen molar-refractivity contribution in [3.8, 4) is 5.75 Å². The zero-order valence-corrected chi connectivity index (χ0v) is 16.1. The maximum absolute atomic E-state index is 11.7. The van der Waals surface area contributed by atoms with Crippen molar-refractivity contribution in [2.75, 3.05) is 19.3 Å². The fourth-order valence-electron chi connectivity index (χ4n) is 4.36. The monoisotopic (exact) mass is 371 g/mol. The molecular weight excluding hydrogens is 346 g/mol. The summed E-state index contributed by atoms with van der Waals surface area (Å²) < 4.78 is 29.8. The molecule has 2 aliphatic rings. The first-order chi connectivity index (χ1) is 12.4. The summed E-state index contributed by atoms with van der Waals surface area (Å²) in [5.74, 6) is 0.713. The van der Waals surface area contributed by atoms with Crippen LogP contribution in [0.3, 0.4) is 0 Å². The molecule has 0 bridgehead atoms. The van der Waals surface area contributed by atoms with Crippen molar-refractivity contribution in [3.63, 3.8) is 0 Å². The summed E-state index contributed by atoms with van der Waals surface area (Å²) >= 11 is 0. The van der Waals surface area contributed by atoms with Crippen molar-refractivity contribution in [2.24, 2.45) is 0 Å². The molecule has 0 spiro atoms. The van der Waals surface area contributed by atoms with Crippen molar-refractivity contribution in [1.82, 2.24) is 4.90 Å². The summed E-state index contributed by atoms with van der Waals surface area (Å²) in [6.45, 7) is 4.52. The molecule has 1 fully saturated rings.